The highest BCUT2D eigenvalue weighted by atomic mass is 16.1. The maximum absolute atomic E-state index is 11.7. The van der Waals surface area contributed by atoms with E-state index in [1.807, 2.05) is 38.1 Å². The van der Waals surface area contributed by atoms with E-state index in [1.165, 1.54) is 0 Å². The predicted octanol–water partition coefficient (Wildman–Crippen LogP) is 1.54. The van der Waals surface area contributed by atoms with Gasteiger partial charge in [0.25, 0.3) is 0 Å². The molecule has 1 unspecified atom stereocenters. The van der Waals surface area contributed by atoms with Crippen molar-refractivity contribution in [3.05, 3.63) is 30.1 Å². The number of aromatic nitrogens is 1. The third-order valence-corrected chi connectivity index (χ3v) is 2.30. The smallest absolute Gasteiger partial charge is 0.237 e. The second-order valence-corrected chi connectivity index (χ2v) is 4.35. The molecule has 0 spiro atoms. The van der Waals surface area contributed by atoms with E-state index in [9.17, 15) is 4.79 Å². The van der Waals surface area contributed by atoms with E-state index in [0.717, 1.165) is 5.69 Å². The van der Waals surface area contributed by atoms with Crippen LogP contribution in [0, 0.1) is 23.2 Å². The third kappa shape index (κ3) is 4.64. The number of hydrogen-bond donors (Lipinski definition) is 1. The van der Waals surface area contributed by atoms with E-state index in [2.05, 4.69) is 10.3 Å². The van der Waals surface area contributed by atoms with Crippen LogP contribution in [-0.4, -0.2) is 17.4 Å². The zero-order chi connectivity index (χ0) is 12.7. The molecule has 0 aliphatic rings. The molecule has 90 valence electrons. The van der Waals surface area contributed by atoms with Gasteiger partial charge in [-0.3, -0.25) is 9.78 Å². The van der Waals surface area contributed by atoms with Crippen molar-refractivity contribution in [1.82, 2.24) is 10.3 Å². The summed E-state index contributed by atoms with van der Waals surface area (Å²) in [7, 11) is 0. The number of rotatable bonds is 5. The number of carbonyl (C=O) groups excluding carboxylic acids is 1. The Labute approximate surface area is 102 Å². The number of nitrogens with one attached hydrogen (secondary N) is 1. The summed E-state index contributed by atoms with van der Waals surface area (Å²) >= 11 is 0. The van der Waals surface area contributed by atoms with Gasteiger partial charge in [-0.15, -0.1) is 0 Å². The highest BCUT2D eigenvalue weighted by Crippen LogP contribution is 2.05. The van der Waals surface area contributed by atoms with Crippen LogP contribution in [0.1, 0.15) is 19.5 Å². The molecule has 0 aromatic carbocycles. The molecule has 0 saturated carbocycles. The van der Waals surface area contributed by atoms with Gasteiger partial charge in [0.15, 0.2) is 0 Å². The van der Waals surface area contributed by atoms with Gasteiger partial charge in [-0.05, 0) is 18.1 Å². The maximum Gasteiger partial charge on any atom is 0.237 e. The monoisotopic (exact) mass is 231 g/mol. The predicted molar refractivity (Wildman–Crippen MR) is 64.9 cm³/mol. The van der Waals surface area contributed by atoms with E-state index < -0.39 is 5.92 Å². The quantitative estimate of drug-likeness (QED) is 0.835. The molecule has 0 aliphatic carbocycles. The van der Waals surface area contributed by atoms with Crippen molar-refractivity contribution in [3.8, 4) is 6.07 Å². The first kappa shape index (κ1) is 13.2. The van der Waals surface area contributed by atoms with Crippen molar-refractivity contribution in [2.75, 3.05) is 6.54 Å². The summed E-state index contributed by atoms with van der Waals surface area (Å²) in [6.45, 7) is 4.63. The van der Waals surface area contributed by atoms with Gasteiger partial charge in [-0.1, -0.05) is 19.9 Å². The molecule has 1 atom stereocenters. The molecule has 1 amide bonds. The normalized spacial score (nSPS) is 11.9. The Hall–Kier alpha value is -1.89. The Kier molecular flexibility index (Phi) is 5.15. The minimum Gasteiger partial charge on any atom is -0.355 e. The third-order valence-electron chi connectivity index (χ3n) is 2.30. The minimum atomic E-state index is -0.663. The fourth-order valence-corrected chi connectivity index (χ4v) is 1.35. The highest BCUT2D eigenvalue weighted by Gasteiger charge is 2.18. The molecular formula is C13H17N3O. The van der Waals surface area contributed by atoms with Gasteiger partial charge in [-0.25, -0.2) is 0 Å². The number of nitrogens with zero attached hydrogens (tertiary/aromatic N) is 2. The summed E-state index contributed by atoms with van der Waals surface area (Å²) < 4.78 is 0. The van der Waals surface area contributed by atoms with Crippen molar-refractivity contribution in [2.24, 2.45) is 11.8 Å². The highest BCUT2D eigenvalue weighted by molar-refractivity contribution is 5.81. The van der Waals surface area contributed by atoms with E-state index in [-0.39, 0.29) is 5.91 Å². The Morgan fingerprint density at radius 3 is 2.82 bits per heavy atom. The van der Waals surface area contributed by atoms with Gasteiger partial charge in [0.05, 0.1) is 6.07 Å². The standard InChI is InChI=1S/C13H17N3O/c1-10(2)9-16-13(17)11(8-14)7-12-5-3-4-6-15-12/h3-6,10-11H,7,9H2,1-2H3,(H,16,17). The van der Waals surface area contributed by atoms with Gasteiger partial charge in [-0.2, -0.15) is 5.26 Å². The van der Waals surface area contributed by atoms with Crippen LogP contribution in [0.5, 0.6) is 0 Å². The lowest BCUT2D eigenvalue weighted by molar-refractivity contribution is -0.123. The van der Waals surface area contributed by atoms with Gasteiger partial charge < -0.3 is 5.32 Å². The summed E-state index contributed by atoms with van der Waals surface area (Å²) in [5.41, 5.74) is 0.763. The van der Waals surface area contributed by atoms with Crippen LogP contribution < -0.4 is 5.32 Å². The van der Waals surface area contributed by atoms with Gasteiger partial charge >= 0.3 is 0 Å². The van der Waals surface area contributed by atoms with Crippen LogP contribution in [0.15, 0.2) is 24.4 Å². The molecule has 1 heterocycles. The molecule has 1 aromatic heterocycles. The number of carbonyl (C=O) groups is 1. The van der Waals surface area contributed by atoms with Crippen molar-refractivity contribution < 1.29 is 4.79 Å². The molecule has 1 N–H and O–H groups in total. The van der Waals surface area contributed by atoms with Crippen molar-refractivity contribution in [3.63, 3.8) is 0 Å². The lowest BCUT2D eigenvalue weighted by Gasteiger charge is -2.11. The second kappa shape index (κ2) is 6.64. The Morgan fingerprint density at radius 1 is 1.53 bits per heavy atom. The van der Waals surface area contributed by atoms with Crippen molar-refractivity contribution >= 4 is 5.91 Å². The summed E-state index contributed by atoms with van der Waals surface area (Å²) in [6, 6.07) is 7.50. The lowest BCUT2D eigenvalue weighted by Crippen LogP contribution is -2.33. The van der Waals surface area contributed by atoms with E-state index in [1.54, 1.807) is 6.20 Å². The second-order valence-electron chi connectivity index (χ2n) is 4.35. The number of hydrogen-bond acceptors (Lipinski definition) is 3. The number of nitriles is 1. The molecule has 1 rings (SSSR count). The molecule has 0 aliphatic heterocycles. The maximum atomic E-state index is 11.7. The fourth-order valence-electron chi connectivity index (χ4n) is 1.35. The fraction of sp³-hybridized carbons (Fsp3) is 0.462. The molecule has 0 bridgehead atoms. The van der Waals surface area contributed by atoms with E-state index in [0.29, 0.717) is 18.9 Å². The van der Waals surface area contributed by atoms with Gasteiger partial charge in [0, 0.05) is 24.9 Å². The number of pyridine rings is 1. The molecule has 1 aromatic rings. The van der Waals surface area contributed by atoms with Crippen molar-refractivity contribution in [2.45, 2.75) is 20.3 Å². The Bertz CT molecular complexity index is 395. The van der Waals surface area contributed by atoms with E-state index in [4.69, 9.17) is 5.26 Å². The molecule has 4 heteroatoms. The molecule has 0 radical (unpaired) electrons. The van der Waals surface area contributed by atoms with Crippen LogP contribution in [0.4, 0.5) is 0 Å². The molecule has 4 nitrogen and oxygen atoms in total. The zero-order valence-corrected chi connectivity index (χ0v) is 10.2. The largest absolute Gasteiger partial charge is 0.355 e. The first-order valence-electron chi connectivity index (χ1n) is 5.70. The van der Waals surface area contributed by atoms with Crippen LogP contribution in [0.25, 0.3) is 0 Å². The van der Waals surface area contributed by atoms with Crippen LogP contribution >= 0.6 is 0 Å². The first-order chi connectivity index (χ1) is 8.13. The SMILES string of the molecule is CC(C)CNC(=O)C(C#N)Cc1ccccn1. The lowest BCUT2D eigenvalue weighted by atomic mass is 10.0. The number of amides is 1. The van der Waals surface area contributed by atoms with Crippen LogP contribution in [0.3, 0.4) is 0 Å². The summed E-state index contributed by atoms with van der Waals surface area (Å²) in [5.74, 6) is -0.497. The van der Waals surface area contributed by atoms with Gasteiger partial charge in [0.2, 0.25) is 5.91 Å². The average Bonchev–Trinajstić information content (AvgIpc) is 2.34. The molecule has 17 heavy (non-hydrogen) atoms. The van der Waals surface area contributed by atoms with Crippen LogP contribution in [-0.2, 0) is 11.2 Å². The summed E-state index contributed by atoms with van der Waals surface area (Å²) in [5, 5.41) is 11.7. The summed E-state index contributed by atoms with van der Waals surface area (Å²) in [4.78, 5) is 15.8. The van der Waals surface area contributed by atoms with Crippen LogP contribution in [0.2, 0.25) is 0 Å². The topological polar surface area (TPSA) is 65.8 Å². The zero-order valence-electron chi connectivity index (χ0n) is 10.2. The van der Waals surface area contributed by atoms with Crippen molar-refractivity contribution in [1.29, 1.82) is 5.26 Å². The van der Waals surface area contributed by atoms with Gasteiger partial charge in [0.1, 0.15) is 5.92 Å². The molecule has 0 fully saturated rings. The average molecular weight is 231 g/mol. The Balaban J connectivity index is 2.55. The van der Waals surface area contributed by atoms with E-state index >= 15 is 0 Å². The molecule has 0 saturated heterocycles. The minimum absolute atomic E-state index is 0.216. The molecular weight excluding hydrogens is 214 g/mol. The summed E-state index contributed by atoms with van der Waals surface area (Å²) in [6.07, 6.45) is 2.02. The Morgan fingerprint density at radius 2 is 2.29 bits per heavy atom. The first-order valence-corrected chi connectivity index (χ1v) is 5.70.